The Morgan fingerprint density at radius 2 is 2.27 bits per heavy atom. The standard InChI is InChI=1S/C11H13NO2S/c1-12-11(14)7-5-9(13)4-6-10-3-2-8-15-10/h2-4,6,8H,5,7H2,1H3,(H,12,14)/b6-4+. The van der Waals surface area contributed by atoms with Crippen molar-refractivity contribution in [1.29, 1.82) is 0 Å². The lowest BCUT2D eigenvalue weighted by Gasteiger charge is -1.95. The summed E-state index contributed by atoms with van der Waals surface area (Å²) in [6, 6.07) is 3.87. The third-order valence-electron chi connectivity index (χ3n) is 1.85. The number of allylic oxidation sites excluding steroid dienone is 1. The molecule has 0 bridgehead atoms. The molecule has 1 rings (SSSR count). The van der Waals surface area contributed by atoms with Crippen LogP contribution in [0.15, 0.2) is 23.6 Å². The van der Waals surface area contributed by atoms with E-state index in [4.69, 9.17) is 0 Å². The molecule has 4 heteroatoms. The molecule has 0 aliphatic carbocycles. The molecule has 0 radical (unpaired) electrons. The first kappa shape index (κ1) is 11.7. The number of hydrogen-bond acceptors (Lipinski definition) is 3. The van der Waals surface area contributed by atoms with Gasteiger partial charge >= 0.3 is 0 Å². The molecule has 1 amide bonds. The van der Waals surface area contributed by atoms with Crippen LogP contribution in [0.1, 0.15) is 17.7 Å². The highest BCUT2D eigenvalue weighted by molar-refractivity contribution is 7.10. The minimum absolute atomic E-state index is 0.0213. The van der Waals surface area contributed by atoms with E-state index in [9.17, 15) is 9.59 Å². The monoisotopic (exact) mass is 223 g/mol. The molecule has 0 saturated carbocycles. The number of nitrogens with one attached hydrogen (secondary N) is 1. The summed E-state index contributed by atoms with van der Waals surface area (Å²) in [5.74, 6) is -0.125. The van der Waals surface area contributed by atoms with Crippen LogP contribution in [-0.2, 0) is 9.59 Å². The Morgan fingerprint density at radius 3 is 2.87 bits per heavy atom. The van der Waals surface area contributed by atoms with Crippen molar-refractivity contribution < 1.29 is 9.59 Å². The summed E-state index contributed by atoms with van der Waals surface area (Å²) in [5, 5.41) is 4.43. The van der Waals surface area contributed by atoms with Crippen LogP contribution in [0.4, 0.5) is 0 Å². The molecule has 80 valence electrons. The summed E-state index contributed by atoms with van der Waals surface area (Å²) in [5.41, 5.74) is 0. The molecule has 1 aromatic heterocycles. The Labute approximate surface area is 92.8 Å². The first-order chi connectivity index (χ1) is 7.22. The van der Waals surface area contributed by atoms with Crippen LogP contribution >= 0.6 is 11.3 Å². The second kappa shape index (κ2) is 6.14. The summed E-state index contributed by atoms with van der Waals surface area (Å²) < 4.78 is 0. The highest BCUT2D eigenvalue weighted by Gasteiger charge is 2.01. The average Bonchev–Trinajstić information content (AvgIpc) is 2.75. The van der Waals surface area contributed by atoms with Gasteiger partial charge in [0.2, 0.25) is 5.91 Å². The molecule has 3 nitrogen and oxygen atoms in total. The number of ketones is 1. The number of thiophene rings is 1. The van der Waals surface area contributed by atoms with E-state index < -0.39 is 0 Å². The summed E-state index contributed by atoms with van der Waals surface area (Å²) in [6.07, 6.45) is 3.82. The minimum Gasteiger partial charge on any atom is -0.359 e. The van der Waals surface area contributed by atoms with Crippen LogP contribution in [-0.4, -0.2) is 18.7 Å². The molecule has 0 fully saturated rings. The smallest absolute Gasteiger partial charge is 0.220 e. The third kappa shape index (κ3) is 4.56. The van der Waals surface area contributed by atoms with Crippen molar-refractivity contribution in [3.05, 3.63) is 28.5 Å². The summed E-state index contributed by atoms with van der Waals surface area (Å²) in [7, 11) is 1.56. The first-order valence-corrected chi connectivity index (χ1v) is 5.55. The fraction of sp³-hybridized carbons (Fsp3) is 0.273. The van der Waals surface area contributed by atoms with Crippen LogP contribution in [0.2, 0.25) is 0 Å². The van der Waals surface area contributed by atoms with Gasteiger partial charge in [-0.1, -0.05) is 6.07 Å². The van der Waals surface area contributed by atoms with Crippen molar-refractivity contribution in [3.8, 4) is 0 Å². The quantitative estimate of drug-likeness (QED) is 0.774. The summed E-state index contributed by atoms with van der Waals surface area (Å²) in [6.45, 7) is 0. The number of hydrogen-bond donors (Lipinski definition) is 1. The van der Waals surface area contributed by atoms with Gasteiger partial charge in [0.25, 0.3) is 0 Å². The maximum Gasteiger partial charge on any atom is 0.220 e. The minimum atomic E-state index is -0.104. The fourth-order valence-corrected chi connectivity index (χ4v) is 1.62. The van der Waals surface area contributed by atoms with Crippen molar-refractivity contribution in [2.45, 2.75) is 12.8 Å². The lowest BCUT2D eigenvalue weighted by molar-refractivity contribution is -0.123. The van der Waals surface area contributed by atoms with E-state index in [1.165, 1.54) is 6.08 Å². The van der Waals surface area contributed by atoms with E-state index in [1.807, 2.05) is 17.5 Å². The van der Waals surface area contributed by atoms with Crippen molar-refractivity contribution in [2.75, 3.05) is 7.05 Å². The maximum atomic E-state index is 11.3. The van der Waals surface area contributed by atoms with Crippen molar-refractivity contribution >= 4 is 29.1 Å². The molecule has 0 aromatic carbocycles. The van der Waals surface area contributed by atoms with Gasteiger partial charge < -0.3 is 5.32 Å². The van der Waals surface area contributed by atoms with Crippen molar-refractivity contribution in [2.24, 2.45) is 0 Å². The molecule has 0 saturated heterocycles. The van der Waals surface area contributed by atoms with Gasteiger partial charge in [0.05, 0.1) is 0 Å². The van der Waals surface area contributed by atoms with E-state index in [0.717, 1.165) is 4.88 Å². The second-order valence-corrected chi connectivity index (χ2v) is 3.97. The van der Waals surface area contributed by atoms with Crippen LogP contribution in [0.3, 0.4) is 0 Å². The number of carbonyl (C=O) groups excluding carboxylic acids is 2. The van der Waals surface area contributed by atoms with Gasteiger partial charge in [-0.25, -0.2) is 0 Å². The number of amides is 1. The van der Waals surface area contributed by atoms with E-state index in [2.05, 4.69) is 5.32 Å². The number of rotatable bonds is 5. The van der Waals surface area contributed by atoms with Crippen LogP contribution in [0, 0.1) is 0 Å². The van der Waals surface area contributed by atoms with Crippen molar-refractivity contribution in [3.63, 3.8) is 0 Å². The summed E-state index contributed by atoms with van der Waals surface area (Å²) >= 11 is 1.58. The van der Waals surface area contributed by atoms with Gasteiger partial charge in [0, 0.05) is 24.8 Å². The summed E-state index contributed by atoms with van der Waals surface area (Å²) in [4.78, 5) is 23.2. The molecule has 0 spiro atoms. The second-order valence-electron chi connectivity index (χ2n) is 2.99. The van der Waals surface area contributed by atoms with Gasteiger partial charge in [0.1, 0.15) is 0 Å². The van der Waals surface area contributed by atoms with Crippen LogP contribution < -0.4 is 5.32 Å². The maximum absolute atomic E-state index is 11.3. The molecule has 0 aliphatic rings. The molecule has 1 heterocycles. The first-order valence-electron chi connectivity index (χ1n) is 4.67. The zero-order chi connectivity index (χ0) is 11.1. The van der Waals surface area contributed by atoms with Crippen molar-refractivity contribution in [1.82, 2.24) is 5.32 Å². The molecular formula is C11H13NO2S. The molecule has 1 N–H and O–H groups in total. The highest BCUT2D eigenvalue weighted by Crippen LogP contribution is 2.10. The Hall–Kier alpha value is -1.42. The highest BCUT2D eigenvalue weighted by atomic mass is 32.1. The van der Waals surface area contributed by atoms with Gasteiger partial charge in [0.15, 0.2) is 5.78 Å². The van der Waals surface area contributed by atoms with Gasteiger partial charge in [-0.15, -0.1) is 11.3 Å². The largest absolute Gasteiger partial charge is 0.359 e. The Morgan fingerprint density at radius 1 is 1.47 bits per heavy atom. The zero-order valence-electron chi connectivity index (χ0n) is 8.53. The van der Waals surface area contributed by atoms with Gasteiger partial charge in [-0.05, 0) is 23.6 Å². The normalized spacial score (nSPS) is 10.5. The Kier molecular flexibility index (Phi) is 4.77. The predicted molar refractivity (Wildman–Crippen MR) is 61.7 cm³/mol. The lowest BCUT2D eigenvalue weighted by Crippen LogP contribution is -2.18. The van der Waals surface area contributed by atoms with E-state index in [-0.39, 0.29) is 24.5 Å². The molecule has 1 aromatic rings. The SMILES string of the molecule is CNC(=O)CCC(=O)/C=C/c1cccs1. The zero-order valence-corrected chi connectivity index (χ0v) is 9.34. The Balaban J connectivity index is 2.33. The molecule has 15 heavy (non-hydrogen) atoms. The molecule has 0 aliphatic heterocycles. The average molecular weight is 223 g/mol. The molecule has 0 unspecified atom stereocenters. The van der Waals surface area contributed by atoms with Crippen LogP contribution in [0.25, 0.3) is 6.08 Å². The van der Waals surface area contributed by atoms with E-state index >= 15 is 0 Å². The van der Waals surface area contributed by atoms with Crippen LogP contribution in [0.5, 0.6) is 0 Å². The fourth-order valence-electron chi connectivity index (χ4n) is 1.01. The molecule has 0 atom stereocenters. The topological polar surface area (TPSA) is 46.2 Å². The lowest BCUT2D eigenvalue weighted by atomic mass is 10.2. The van der Waals surface area contributed by atoms with Gasteiger partial charge in [-0.3, -0.25) is 9.59 Å². The third-order valence-corrected chi connectivity index (χ3v) is 2.69. The number of carbonyl (C=O) groups is 2. The van der Waals surface area contributed by atoms with E-state index in [0.29, 0.717) is 0 Å². The van der Waals surface area contributed by atoms with Gasteiger partial charge in [-0.2, -0.15) is 0 Å². The predicted octanol–water partition coefficient (Wildman–Crippen LogP) is 1.86. The molecular weight excluding hydrogens is 210 g/mol. The Bertz CT molecular complexity index is 355. The van der Waals surface area contributed by atoms with E-state index in [1.54, 1.807) is 24.5 Å².